The van der Waals surface area contributed by atoms with Crippen molar-refractivity contribution in [2.24, 2.45) is 0 Å². The Kier molecular flexibility index (Phi) is 6.24. The van der Waals surface area contributed by atoms with Gasteiger partial charge in [0.25, 0.3) is 5.69 Å². The lowest BCUT2D eigenvalue weighted by molar-refractivity contribution is -0.384. The zero-order valence-electron chi connectivity index (χ0n) is 15.5. The number of amides is 1. The Balaban J connectivity index is 1.60. The number of likely N-dealkylation sites (tertiary alicyclic amines) is 1. The predicted octanol–water partition coefficient (Wildman–Crippen LogP) is 1.99. The average Bonchev–Trinajstić information content (AvgIpc) is 2.97. The molecule has 8 nitrogen and oxygen atoms in total. The van der Waals surface area contributed by atoms with Crippen LogP contribution in [0, 0.1) is 21.4 Å². The number of hydrogen-bond acceptors (Lipinski definition) is 6. The molecule has 1 aromatic carbocycles. The van der Waals surface area contributed by atoms with E-state index < -0.39 is 4.92 Å². The van der Waals surface area contributed by atoms with Crippen molar-refractivity contribution in [3.63, 3.8) is 0 Å². The van der Waals surface area contributed by atoms with Crippen molar-refractivity contribution in [3.05, 3.63) is 33.9 Å². The first kappa shape index (κ1) is 19.1. The number of carbonyl (C=O) groups excluding carboxylic acids is 1. The lowest BCUT2D eigenvalue weighted by atomic mass is 10.1. The number of carbonyl (C=O) groups is 1. The summed E-state index contributed by atoms with van der Waals surface area (Å²) in [6.07, 6.45) is 4.56. The van der Waals surface area contributed by atoms with Gasteiger partial charge in [-0.05, 0) is 25.0 Å². The third-order valence-corrected chi connectivity index (χ3v) is 5.33. The molecule has 0 N–H and O–H groups in total. The van der Waals surface area contributed by atoms with E-state index in [9.17, 15) is 14.9 Å². The van der Waals surface area contributed by atoms with Gasteiger partial charge in [0.05, 0.1) is 23.1 Å². The van der Waals surface area contributed by atoms with Gasteiger partial charge in [-0.15, -0.1) is 0 Å². The molecule has 0 saturated carbocycles. The molecule has 0 atom stereocenters. The van der Waals surface area contributed by atoms with Crippen molar-refractivity contribution in [1.29, 1.82) is 5.26 Å². The van der Waals surface area contributed by atoms with Crippen LogP contribution in [0.5, 0.6) is 0 Å². The van der Waals surface area contributed by atoms with Crippen LogP contribution in [-0.2, 0) is 4.79 Å². The van der Waals surface area contributed by atoms with Crippen molar-refractivity contribution < 1.29 is 9.72 Å². The zero-order chi connectivity index (χ0) is 19.2. The number of benzene rings is 1. The molecule has 0 aromatic heterocycles. The van der Waals surface area contributed by atoms with E-state index in [1.807, 2.05) is 15.9 Å². The molecule has 0 unspecified atom stereocenters. The SMILES string of the molecule is N#Cc1ccc([N+](=O)[O-])c(N2CCN(CC(=O)N3CCCCCC3)CC2)c1. The lowest BCUT2D eigenvalue weighted by Gasteiger charge is -2.36. The number of anilines is 1. The van der Waals surface area contributed by atoms with Gasteiger partial charge in [-0.2, -0.15) is 5.26 Å². The van der Waals surface area contributed by atoms with E-state index in [0.717, 1.165) is 25.9 Å². The van der Waals surface area contributed by atoms with Gasteiger partial charge in [-0.3, -0.25) is 19.8 Å². The van der Waals surface area contributed by atoms with Gasteiger partial charge < -0.3 is 9.80 Å². The highest BCUT2D eigenvalue weighted by Crippen LogP contribution is 2.30. The monoisotopic (exact) mass is 371 g/mol. The Morgan fingerprint density at radius 2 is 1.74 bits per heavy atom. The molecule has 0 aliphatic carbocycles. The number of hydrogen-bond donors (Lipinski definition) is 0. The summed E-state index contributed by atoms with van der Waals surface area (Å²) in [7, 11) is 0. The first-order valence-corrected chi connectivity index (χ1v) is 9.52. The number of nitro groups is 1. The van der Waals surface area contributed by atoms with Gasteiger partial charge >= 0.3 is 0 Å². The molecular formula is C19H25N5O3. The lowest BCUT2D eigenvalue weighted by Crippen LogP contribution is -2.50. The van der Waals surface area contributed by atoms with E-state index in [4.69, 9.17) is 5.26 Å². The molecule has 2 aliphatic rings. The van der Waals surface area contributed by atoms with Crippen LogP contribution in [-0.4, -0.2) is 66.4 Å². The van der Waals surface area contributed by atoms with Gasteiger partial charge in [-0.1, -0.05) is 12.8 Å². The second-order valence-electron chi connectivity index (χ2n) is 7.13. The second-order valence-corrected chi connectivity index (χ2v) is 7.13. The normalized spacial score (nSPS) is 18.6. The summed E-state index contributed by atoms with van der Waals surface area (Å²) in [5.41, 5.74) is 0.912. The van der Waals surface area contributed by atoms with Crippen molar-refractivity contribution in [2.45, 2.75) is 25.7 Å². The maximum absolute atomic E-state index is 12.5. The van der Waals surface area contributed by atoms with Gasteiger partial charge in [0, 0.05) is 45.3 Å². The second kappa shape index (κ2) is 8.82. The highest BCUT2D eigenvalue weighted by Gasteiger charge is 2.26. The quantitative estimate of drug-likeness (QED) is 0.593. The van der Waals surface area contributed by atoms with Crippen molar-refractivity contribution in [3.8, 4) is 6.07 Å². The molecule has 2 saturated heterocycles. The number of nitriles is 1. The van der Waals surface area contributed by atoms with E-state index in [-0.39, 0.29) is 11.6 Å². The van der Waals surface area contributed by atoms with Gasteiger partial charge in [-0.25, -0.2) is 0 Å². The molecule has 2 fully saturated rings. The van der Waals surface area contributed by atoms with Gasteiger partial charge in [0.2, 0.25) is 5.91 Å². The highest BCUT2D eigenvalue weighted by atomic mass is 16.6. The van der Waals surface area contributed by atoms with E-state index in [1.54, 1.807) is 6.07 Å². The zero-order valence-corrected chi connectivity index (χ0v) is 15.5. The van der Waals surface area contributed by atoms with E-state index >= 15 is 0 Å². The molecule has 3 rings (SSSR count). The molecule has 0 spiro atoms. The number of rotatable bonds is 4. The molecular weight excluding hydrogens is 346 g/mol. The van der Waals surface area contributed by atoms with Gasteiger partial charge in [0.15, 0.2) is 0 Å². The van der Waals surface area contributed by atoms with E-state index in [2.05, 4.69) is 4.90 Å². The molecule has 0 radical (unpaired) electrons. The third kappa shape index (κ3) is 4.74. The molecule has 27 heavy (non-hydrogen) atoms. The summed E-state index contributed by atoms with van der Waals surface area (Å²) >= 11 is 0. The molecule has 1 amide bonds. The van der Waals surface area contributed by atoms with Crippen molar-refractivity contribution in [2.75, 3.05) is 50.7 Å². The summed E-state index contributed by atoms with van der Waals surface area (Å²) in [5.74, 6) is 0.183. The summed E-state index contributed by atoms with van der Waals surface area (Å²) in [4.78, 5) is 29.5. The van der Waals surface area contributed by atoms with Crippen LogP contribution in [0.3, 0.4) is 0 Å². The van der Waals surface area contributed by atoms with Crippen LogP contribution >= 0.6 is 0 Å². The fourth-order valence-electron chi connectivity index (χ4n) is 3.76. The van der Waals surface area contributed by atoms with Crippen LogP contribution in [0.2, 0.25) is 0 Å². The van der Waals surface area contributed by atoms with Crippen LogP contribution in [0.15, 0.2) is 18.2 Å². The first-order chi connectivity index (χ1) is 13.1. The van der Waals surface area contributed by atoms with Crippen LogP contribution in [0.4, 0.5) is 11.4 Å². The summed E-state index contributed by atoms with van der Waals surface area (Å²) < 4.78 is 0. The fourth-order valence-corrected chi connectivity index (χ4v) is 3.76. The topological polar surface area (TPSA) is 93.7 Å². The Morgan fingerprint density at radius 3 is 2.33 bits per heavy atom. The maximum atomic E-state index is 12.5. The average molecular weight is 371 g/mol. The van der Waals surface area contributed by atoms with E-state index in [0.29, 0.717) is 44.0 Å². The Bertz CT molecular complexity index is 729. The first-order valence-electron chi connectivity index (χ1n) is 9.52. The Labute approximate surface area is 159 Å². The molecule has 2 heterocycles. The summed E-state index contributed by atoms with van der Waals surface area (Å²) in [6.45, 7) is 4.67. The Morgan fingerprint density at radius 1 is 1.07 bits per heavy atom. The van der Waals surface area contributed by atoms with Gasteiger partial charge in [0.1, 0.15) is 5.69 Å². The minimum Gasteiger partial charge on any atom is -0.363 e. The number of piperazine rings is 1. The van der Waals surface area contributed by atoms with Crippen LogP contribution in [0.1, 0.15) is 31.2 Å². The molecule has 8 heteroatoms. The Hall–Kier alpha value is -2.66. The molecule has 1 aromatic rings. The fraction of sp³-hybridized carbons (Fsp3) is 0.579. The predicted molar refractivity (Wildman–Crippen MR) is 102 cm³/mol. The number of nitro benzene ring substituents is 1. The van der Waals surface area contributed by atoms with Crippen LogP contribution in [0.25, 0.3) is 0 Å². The van der Waals surface area contributed by atoms with Crippen molar-refractivity contribution in [1.82, 2.24) is 9.80 Å². The summed E-state index contributed by atoms with van der Waals surface area (Å²) in [6, 6.07) is 6.48. The highest BCUT2D eigenvalue weighted by molar-refractivity contribution is 5.78. The molecule has 2 aliphatic heterocycles. The minimum absolute atomic E-state index is 0.0168. The van der Waals surface area contributed by atoms with Crippen molar-refractivity contribution >= 4 is 17.3 Å². The largest absolute Gasteiger partial charge is 0.363 e. The smallest absolute Gasteiger partial charge is 0.292 e. The number of nitrogens with zero attached hydrogens (tertiary/aromatic N) is 5. The summed E-state index contributed by atoms with van der Waals surface area (Å²) in [5, 5.41) is 20.4. The van der Waals surface area contributed by atoms with E-state index in [1.165, 1.54) is 25.0 Å². The minimum atomic E-state index is -0.411. The maximum Gasteiger partial charge on any atom is 0.292 e. The third-order valence-electron chi connectivity index (χ3n) is 5.33. The standard InChI is InChI=1S/C19H25N5O3/c20-14-16-5-6-17(24(26)27)18(13-16)22-11-9-21(10-12-22)15-19(25)23-7-3-1-2-4-8-23/h5-6,13H,1-4,7-12,15H2. The van der Waals surface area contributed by atoms with Crippen LogP contribution < -0.4 is 4.90 Å². The molecule has 0 bridgehead atoms. The molecule has 144 valence electrons.